The van der Waals surface area contributed by atoms with Crippen LogP contribution in [0.2, 0.25) is 0 Å². The van der Waals surface area contributed by atoms with Crippen molar-refractivity contribution in [2.24, 2.45) is 7.05 Å². The SMILES string of the molecule is Cn1cc(/C=C2\CSc3c(F)cccc3C2=O)cn1. The van der Waals surface area contributed by atoms with E-state index in [4.69, 9.17) is 0 Å². The fourth-order valence-corrected chi connectivity index (χ4v) is 3.08. The predicted molar refractivity (Wildman–Crippen MR) is 72.6 cm³/mol. The highest BCUT2D eigenvalue weighted by molar-refractivity contribution is 7.99. The zero-order valence-electron chi connectivity index (χ0n) is 10.3. The molecule has 5 heteroatoms. The molecule has 0 radical (unpaired) electrons. The normalized spacial score (nSPS) is 16.7. The number of rotatable bonds is 1. The zero-order valence-corrected chi connectivity index (χ0v) is 11.1. The Balaban J connectivity index is 2.00. The molecule has 2 aromatic rings. The van der Waals surface area contributed by atoms with Gasteiger partial charge in [0, 0.05) is 35.7 Å². The second-order valence-corrected chi connectivity index (χ2v) is 5.34. The summed E-state index contributed by atoms with van der Waals surface area (Å²) < 4.78 is 15.3. The largest absolute Gasteiger partial charge is 0.289 e. The summed E-state index contributed by atoms with van der Waals surface area (Å²) >= 11 is 1.36. The van der Waals surface area contributed by atoms with Crippen LogP contribution in [0.15, 0.2) is 41.1 Å². The lowest BCUT2D eigenvalue weighted by molar-refractivity contribution is 0.103. The maximum Gasteiger partial charge on any atom is 0.191 e. The van der Waals surface area contributed by atoms with Gasteiger partial charge in [0.25, 0.3) is 0 Å². The molecule has 2 heterocycles. The predicted octanol–water partition coefficient (Wildman–Crippen LogP) is 2.93. The fraction of sp³-hybridized carbons (Fsp3) is 0.143. The van der Waals surface area contributed by atoms with Gasteiger partial charge in [-0.1, -0.05) is 6.07 Å². The molecule has 1 aliphatic rings. The van der Waals surface area contributed by atoms with Gasteiger partial charge in [0.15, 0.2) is 5.78 Å². The smallest absolute Gasteiger partial charge is 0.191 e. The summed E-state index contributed by atoms with van der Waals surface area (Å²) in [4.78, 5) is 12.8. The van der Waals surface area contributed by atoms with Crippen LogP contribution >= 0.6 is 11.8 Å². The summed E-state index contributed by atoms with van der Waals surface area (Å²) in [6.07, 6.45) is 5.36. The number of benzene rings is 1. The molecule has 1 aromatic heterocycles. The molecule has 0 unspecified atom stereocenters. The molecular weight excluding hydrogens is 263 g/mol. The van der Waals surface area contributed by atoms with Gasteiger partial charge in [-0.05, 0) is 18.2 Å². The molecule has 0 amide bonds. The second kappa shape index (κ2) is 4.66. The van der Waals surface area contributed by atoms with E-state index in [1.54, 1.807) is 23.0 Å². The number of halogens is 1. The van der Waals surface area contributed by atoms with Crippen LogP contribution in [0.5, 0.6) is 0 Å². The molecular formula is C14H11FN2OS. The molecule has 0 N–H and O–H groups in total. The topological polar surface area (TPSA) is 34.9 Å². The van der Waals surface area contributed by atoms with E-state index < -0.39 is 0 Å². The Bertz CT molecular complexity index is 691. The number of fused-ring (bicyclic) bond motifs is 1. The molecule has 0 aliphatic carbocycles. The lowest BCUT2D eigenvalue weighted by atomic mass is 10.0. The number of carbonyl (C=O) groups is 1. The molecule has 1 aromatic carbocycles. The number of aromatic nitrogens is 2. The molecule has 0 saturated carbocycles. The van der Waals surface area contributed by atoms with E-state index in [9.17, 15) is 9.18 Å². The van der Waals surface area contributed by atoms with E-state index in [1.165, 1.54) is 17.8 Å². The van der Waals surface area contributed by atoms with Crippen LogP contribution in [0.1, 0.15) is 15.9 Å². The van der Waals surface area contributed by atoms with Crippen molar-refractivity contribution in [2.75, 3.05) is 5.75 Å². The maximum atomic E-state index is 13.6. The summed E-state index contributed by atoms with van der Waals surface area (Å²) in [6, 6.07) is 4.62. The number of Topliss-reactive ketones (excluding diaryl/α,β-unsaturated/α-hetero) is 1. The van der Waals surface area contributed by atoms with Crippen LogP contribution in [0.3, 0.4) is 0 Å². The van der Waals surface area contributed by atoms with Crippen molar-refractivity contribution in [3.05, 3.63) is 53.1 Å². The molecule has 96 valence electrons. The van der Waals surface area contributed by atoms with Gasteiger partial charge in [0.1, 0.15) is 5.82 Å². The van der Waals surface area contributed by atoms with E-state index >= 15 is 0 Å². The van der Waals surface area contributed by atoms with E-state index in [0.717, 1.165) is 5.56 Å². The van der Waals surface area contributed by atoms with Gasteiger partial charge >= 0.3 is 0 Å². The summed E-state index contributed by atoms with van der Waals surface area (Å²) in [7, 11) is 1.82. The number of carbonyl (C=O) groups excluding carboxylic acids is 1. The minimum Gasteiger partial charge on any atom is -0.289 e. The molecule has 0 atom stereocenters. The highest BCUT2D eigenvalue weighted by atomic mass is 32.2. The Morgan fingerprint density at radius 2 is 2.32 bits per heavy atom. The van der Waals surface area contributed by atoms with Gasteiger partial charge in [-0.25, -0.2) is 4.39 Å². The first kappa shape index (κ1) is 12.2. The van der Waals surface area contributed by atoms with Gasteiger partial charge in [0.05, 0.1) is 11.1 Å². The van der Waals surface area contributed by atoms with E-state index in [-0.39, 0.29) is 11.6 Å². The molecule has 0 spiro atoms. The number of nitrogens with zero attached hydrogens (tertiary/aromatic N) is 2. The average molecular weight is 274 g/mol. The molecule has 0 fully saturated rings. The van der Waals surface area contributed by atoms with Gasteiger partial charge in [-0.3, -0.25) is 9.48 Å². The van der Waals surface area contributed by atoms with Crippen molar-refractivity contribution in [3.63, 3.8) is 0 Å². The van der Waals surface area contributed by atoms with E-state index in [0.29, 0.717) is 21.8 Å². The van der Waals surface area contributed by atoms with E-state index in [1.807, 2.05) is 19.3 Å². The first-order chi connectivity index (χ1) is 9.15. The Morgan fingerprint density at radius 3 is 3.05 bits per heavy atom. The van der Waals surface area contributed by atoms with Crippen LogP contribution in [-0.2, 0) is 7.05 Å². The van der Waals surface area contributed by atoms with Crippen LogP contribution in [0.25, 0.3) is 6.08 Å². The molecule has 1 aliphatic heterocycles. The van der Waals surface area contributed by atoms with Gasteiger partial charge < -0.3 is 0 Å². The minimum atomic E-state index is -0.323. The Kier molecular flexibility index (Phi) is 2.98. The number of hydrogen-bond acceptors (Lipinski definition) is 3. The van der Waals surface area contributed by atoms with Crippen molar-refractivity contribution in [1.29, 1.82) is 0 Å². The summed E-state index contributed by atoms with van der Waals surface area (Å²) in [5.74, 6) is 0.0650. The third-order valence-corrected chi connectivity index (χ3v) is 4.10. The van der Waals surface area contributed by atoms with Crippen LogP contribution < -0.4 is 0 Å². The summed E-state index contributed by atoms with van der Waals surface area (Å²) in [5, 5.41) is 4.06. The molecule has 3 rings (SSSR count). The van der Waals surface area contributed by atoms with Crippen molar-refractivity contribution >= 4 is 23.6 Å². The second-order valence-electron chi connectivity index (χ2n) is 4.35. The lowest BCUT2D eigenvalue weighted by Crippen LogP contribution is -2.13. The van der Waals surface area contributed by atoms with Crippen LogP contribution in [0, 0.1) is 5.82 Å². The van der Waals surface area contributed by atoms with Gasteiger partial charge in [-0.15, -0.1) is 11.8 Å². The van der Waals surface area contributed by atoms with Crippen molar-refractivity contribution in [2.45, 2.75) is 4.90 Å². The average Bonchev–Trinajstić information content (AvgIpc) is 2.79. The lowest BCUT2D eigenvalue weighted by Gasteiger charge is -2.17. The van der Waals surface area contributed by atoms with Crippen LogP contribution in [-0.4, -0.2) is 21.3 Å². The Labute approximate surface area is 114 Å². The number of ketones is 1. The Morgan fingerprint density at radius 1 is 1.47 bits per heavy atom. The van der Waals surface area contributed by atoms with Crippen molar-refractivity contribution < 1.29 is 9.18 Å². The third kappa shape index (κ3) is 2.21. The number of thioether (sulfide) groups is 1. The van der Waals surface area contributed by atoms with E-state index in [2.05, 4.69) is 5.10 Å². The molecule has 3 nitrogen and oxygen atoms in total. The van der Waals surface area contributed by atoms with Gasteiger partial charge in [-0.2, -0.15) is 5.10 Å². The highest BCUT2D eigenvalue weighted by Crippen LogP contribution is 2.35. The molecule has 0 bridgehead atoms. The van der Waals surface area contributed by atoms with Gasteiger partial charge in [0.2, 0.25) is 0 Å². The quantitative estimate of drug-likeness (QED) is 0.750. The fourth-order valence-electron chi connectivity index (χ4n) is 2.05. The standard InChI is InChI=1S/C14H11FN2OS/c1-17-7-9(6-16-17)5-10-8-19-14-11(13(10)18)3-2-4-12(14)15/h2-7H,8H2,1H3/b10-5+. The minimum absolute atomic E-state index is 0.0999. The zero-order chi connectivity index (χ0) is 13.4. The number of aryl methyl sites for hydroxylation is 1. The van der Waals surface area contributed by atoms with Crippen LogP contribution in [0.4, 0.5) is 4.39 Å². The first-order valence-electron chi connectivity index (χ1n) is 5.80. The first-order valence-corrected chi connectivity index (χ1v) is 6.79. The molecule has 19 heavy (non-hydrogen) atoms. The van der Waals surface area contributed by atoms with Crippen molar-refractivity contribution in [1.82, 2.24) is 9.78 Å². The Hall–Kier alpha value is -1.88. The maximum absolute atomic E-state index is 13.6. The molecule has 0 saturated heterocycles. The highest BCUT2D eigenvalue weighted by Gasteiger charge is 2.24. The summed E-state index contributed by atoms with van der Waals surface area (Å²) in [6.45, 7) is 0. The number of hydrogen-bond donors (Lipinski definition) is 0. The summed E-state index contributed by atoms with van der Waals surface area (Å²) in [5.41, 5.74) is 2.01. The third-order valence-electron chi connectivity index (χ3n) is 2.94. The van der Waals surface area contributed by atoms with Crippen molar-refractivity contribution in [3.8, 4) is 0 Å². The monoisotopic (exact) mass is 274 g/mol.